The molecule has 2 saturated carbocycles. The average Bonchev–Trinajstić information content (AvgIpc) is 3.08. The van der Waals surface area contributed by atoms with Crippen molar-refractivity contribution in [1.82, 2.24) is 0 Å². The second kappa shape index (κ2) is 4.84. The summed E-state index contributed by atoms with van der Waals surface area (Å²) < 4.78 is 5.87. The highest BCUT2D eigenvalue weighted by atomic mass is 16.5. The third-order valence-corrected chi connectivity index (χ3v) is 3.69. The summed E-state index contributed by atoms with van der Waals surface area (Å²) in [5, 5.41) is 20.6. The Hall–Kier alpha value is -1.08. The minimum Gasteiger partial charge on any atom is -0.411 e. The second-order valence-corrected chi connectivity index (χ2v) is 5.01. The number of oxime groups is 1. The lowest BCUT2D eigenvalue weighted by atomic mass is 9.95. The number of ether oxygens (including phenoxy) is 1. The fourth-order valence-corrected chi connectivity index (χ4v) is 2.20. The standard InChI is InChI=1S/C12H18N2O2/c13-8-7-12(5-6-12)9-16-11-3-1-10(14-15)2-4-11/h11,15H,1-7,9H2. The van der Waals surface area contributed by atoms with Crippen molar-refractivity contribution in [3.63, 3.8) is 0 Å². The Balaban J connectivity index is 1.70. The molecule has 2 fully saturated rings. The molecule has 88 valence electrons. The first kappa shape index (κ1) is 11.4. The predicted octanol–water partition coefficient (Wildman–Crippen LogP) is 2.47. The summed E-state index contributed by atoms with van der Waals surface area (Å²) in [5.41, 5.74) is 1.07. The smallest absolute Gasteiger partial charge is 0.0628 e. The molecule has 0 amide bonds. The number of nitriles is 1. The average molecular weight is 222 g/mol. The van der Waals surface area contributed by atoms with Crippen LogP contribution in [0.5, 0.6) is 0 Å². The third-order valence-electron chi connectivity index (χ3n) is 3.69. The van der Waals surface area contributed by atoms with Crippen LogP contribution in [0.2, 0.25) is 0 Å². The lowest BCUT2D eigenvalue weighted by Crippen LogP contribution is -2.24. The van der Waals surface area contributed by atoms with Gasteiger partial charge in [-0.3, -0.25) is 0 Å². The van der Waals surface area contributed by atoms with Gasteiger partial charge in [-0.2, -0.15) is 5.26 Å². The summed E-state index contributed by atoms with van der Waals surface area (Å²) in [5.74, 6) is 0. The van der Waals surface area contributed by atoms with E-state index < -0.39 is 0 Å². The van der Waals surface area contributed by atoms with Crippen LogP contribution in [0.25, 0.3) is 0 Å². The van der Waals surface area contributed by atoms with Crippen molar-refractivity contribution in [1.29, 1.82) is 5.26 Å². The molecule has 2 rings (SSSR count). The van der Waals surface area contributed by atoms with E-state index in [4.69, 9.17) is 15.2 Å². The molecule has 0 radical (unpaired) electrons. The summed E-state index contributed by atoms with van der Waals surface area (Å²) in [6.45, 7) is 0.733. The maximum absolute atomic E-state index is 8.70. The van der Waals surface area contributed by atoms with Crippen molar-refractivity contribution < 1.29 is 9.94 Å². The summed E-state index contributed by atoms with van der Waals surface area (Å²) >= 11 is 0. The fourth-order valence-electron chi connectivity index (χ4n) is 2.20. The fraction of sp³-hybridized carbons (Fsp3) is 0.833. The Morgan fingerprint density at radius 3 is 2.62 bits per heavy atom. The molecular formula is C12H18N2O2. The third kappa shape index (κ3) is 2.73. The van der Waals surface area contributed by atoms with Crippen LogP contribution in [-0.2, 0) is 4.74 Å². The van der Waals surface area contributed by atoms with Gasteiger partial charge in [0.1, 0.15) is 0 Å². The molecule has 0 aromatic heterocycles. The molecule has 0 aromatic rings. The maximum Gasteiger partial charge on any atom is 0.0628 e. The molecule has 0 aliphatic heterocycles. The van der Waals surface area contributed by atoms with Crippen molar-refractivity contribution in [2.24, 2.45) is 10.6 Å². The van der Waals surface area contributed by atoms with Gasteiger partial charge >= 0.3 is 0 Å². The van der Waals surface area contributed by atoms with Gasteiger partial charge in [-0.25, -0.2) is 0 Å². The number of hydrogen-bond donors (Lipinski definition) is 1. The van der Waals surface area contributed by atoms with Gasteiger partial charge in [0.05, 0.1) is 24.5 Å². The monoisotopic (exact) mass is 222 g/mol. The van der Waals surface area contributed by atoms with Crippen LogP contribution in [0.3, 0.4) is 0 Å². The van der Waals surface area contributed by atoms with Crippen LogP contribution >= 0.6 is 0 Å². The molecule has 0 aromatic carbocycles. The van der Waals surface area contributed by atoms with E-state index in [0.29, 0.717) is 12.5 Å². The summed E-state index contributed by atoms with van der Waals surface area (Å²) in [6, 6.07) is 2.24. The lowest BCUT2D eigenvalue weighted by Gasteiger charge is -2.24. The molecule has 0 bridgehead atoms. The molecule has 4 heteroatoms. The highest BCUT2D eigenvalue weighted by Crippen LogP contribution is 2.49. The SMILES string of the molecule is N#CCC1(COC2CCC(=NO)CC2)CC1. The van der Waals surface area contributed by atoms with Gasteiger partial charge in [0.2, 0.25) is 0 Å². The summed E-state index contributed by atoms with van der Waals surface area (Å²) in [7, 11) is 0. The van der Waals surface area contributed by atoms with Gasteiger partial charge in [0, 0.05) is 11.8 Å². The number of rotatable bonds is 4. The number of nitrogens with zero attached hydrogens (tertiary/aromatic N) is 2. The highest BCUT2D eigenvalue weighted by Gasteiger charge is 2.43. The summed E-state index contributed by atoms with van der Waals surface area (Å²) in [6.07, 6.45) is 6.76. The molecule has 0 saturated heterocycles. The summed E-state index contributed by atoms with van der Waals surface area (Å²) in [4.78, 5) is 0. The normalized spacial score (nSPS) is 27.2. The molecule has 2 aliphatic rings. The van der Waals surface area contributed by atoms with E-state index in [0.717, 1.165) is 50.8 Å². The molecule has 4 nitrogen and oxygen atoms in total. The Bertz CT molecular complexity index is 305. The van der Waals surface area contributed by atoms with E-state index in [-0.39, 0.29) is 5.41 Å². The topological polar surface area (TPSA) is 65.6 Å². The van der Waals surface area contributed by atoms with Crippen LogP contribution in [0.4, 0.5) is 0 Å². The lowest BCUT2D eigenvalue weighted by molar-refractivity contribution is 0.0120. The van der Waals surface area contributed by atoms with Gasteiger partial charge < -0.3 is 9.94 Å². The quantitative estimate of drug-likeness (QED) is 0.587. The van der Waals surface area contributed by atoms with E-state index in [1.54, 1.807) is 0 Å². The van der Waals surface area contributed by atoms with Gasteiger partial charge in [0.15, 0.2) is 0 Å². The van der Waals surface area contributed by atoms with E-state index in [1.807, 2.05) is 0 Å². The van der Waals surface area contributed by atoms with E-state index in [2.05, 4.69) is 11.2 Å². The zero-order valence-electron chi connectivity index (χ0n) is 9.48. The van der Waals surface area contributed by atoms with E-state index in [1.165, 1.54) is 0 Å². The van der Waals surface area contributed by atoms with Gasteiger partial charge in [-0.05, 0) is 38.5 Å². The van der Waals surface area contributed by atoms with E-state index in [9.17, 15) is 0 Å². The van der Waals surface area contributed by atoms with Crippen molar-refractivity contribution in [2.45, 2.75) is 51.0 Å². The largest absolute Gasteiger partial charge is 0.411 e. The number of hydrogen-bond acceptors (Lipinski definition) is 4. The first-order valence-corrected chi connectivity index (χ1v) is 5.96. The molecule has 1 N–H and O–H groups in total. The Morgan fingerprint density at radius 1 is 1.44 bits per heavy atom. The molecule has 16 heavy (non-hydrogen) atoms. The Labute approximate surface area is 95.9 Å². The van der Waals surface area contributed by atoms with Gasteiger partial charge in [-0.15, -0.1) is 0 Å². The van der Waals surface area contributed by atoms with Crippen LogP contribution in [0.1, 0.15) is 44.9 Å². The minimum absolute atomic E-state index is 0.181. The van der Waals surface area contributed by atoms with Crippen LogP contribution in [0, 0.1) is 16.7 Å². The molecule has 0 unspecified atom stereocenters. The van der Waals surface area contributed by atoms with Gasteiger partial charge in [0.25, 0.3) is 0 Å². The maximum atomic E-state index is 8.70. The van der Waals surface area contributed by atoms with Crippen molar-refractivity contribution in [3.05, 3.63) is 0 Å². The second-order valence-electron chi connectivity index (χ2n) is 5.01. The Morgan fingerprint density at radius 2 is 2.12 bits per heavy atom. The molecule has 0 atom stereocenters. The van der Waals surface area contributed by atoms with Crippen LogP contribution in [-0.4, -0.2) is 23.6 Å². The van der Waals surface area contributed by atoms with Crippen LogP contribution in [0.15, 0.2) is 5.16 Å². The minimum atomic E-state index is 0.181. The first-order chi connectivity index (χ1) is 7.78. The molecular weight excluding hydrogens is 204 g/mol. The molecule has 0 spiro atoms. The zero-order valence-corrected chi connectivity index (χ0v) is 9.48. The van der Waals surface area contributed by atoms with Crippen molar-refractivity contribution in [3.8, 4) is 6.07 Å². The van der Waals surface area contributed by atoms with Crippen molar-refractivity contribution >= 4 is 5.71 Å². The van der Waals surface area contributed by atoms with E-state index >= 15 is 0 Å². The molecule has 2 aliphatic carbocycles. The zero-order chi connectivity index (χ0) is 11.4. The van der Waals surface area contributed by atoms with Crippen LogP contribution < -0.4 is 0 Å². The first-order valence-electron chi connectivity index (χ1n) is 5.96. The van der Waals surface area contributed by atoms with Gasteiger partial charge in [-0.1, -0.05) is 5.16 Å². The highest BCUT2D eigenvalue weighted by molar-refractivity contribution is 5.84. The predicted molar refractivity (Wildman–Crippen MR) is 59.3 cm³/mol. The molecule has 0 heterocycles. The Kier molecular flexibility index (Phi) is 3.45. The van der Waals surface area contributed by atoms with Crippen molar-refractivity contribution in [2.75, 3.05) is 6.61 Å².